The van der Waals surface area contributed by atoms with Crippen molar-refractivity contribution in [2.45, 2.75) is 6.42 Å². The normalized spacial score (nSPS) is 15.6. The van der Waals surface area contributed by atoms with Crippen molar-refractivity contribution in [3.8, 4) is 0 Å². The Kier molecular flexibility index (Phi) is 3.18. The Labute approximate surface area is 119 Å². The summed E-state index contributed by atoms with van der Waals surface area (Å²) in [6.45, 7) is 1.57. The molecule has 5 nitrogen and oxygen atoms in total. The molecule has 0 unspecified atom stereocenters. The second-order valence-electron chi connectivity index (χ2n) is 4.91. The maximum absolute atomic E-state index is 12.2. The van der Waals surface area contributed by atoms with Crippen molar-refractivity contribution in [1.82, 2.24) is 14.7 Å². The summed E-state index contributed by atoms with van der Waals surface area (Å²) < 4.78 is 7.43. The molecule has 0 atom stereocenters. The lowest BCUT2D eigenvalue weighted by Gasteiger charge is -2.38. The van der Waals surface area contributed by atoms with Crippen molar-refractivity contribution in [2.75, 3.05) is 13.1 Å². The summed E-state index contributed by atoms with van der Waals surface area (Å²) in [7, 11) is 1.80. The predicted molar refractivity (Wildman–Crippen MR) is 72.7 cm³/mol. The summed E-state index contributed by atoms with van der Waals surface area (Å²) in [5, 5.41) is 4.18. The molecular weight excluding hydrogens is 310 g/mol. The highest BCUT2D eigenvalue weighted by atomic mass is 79.9. The van der Waals surface area contributed by atoms with Crippen molar-refractivity contribution in [1.29, 1.82) is 0 Å². The molecule has 1 fully saturated rings. The lowest BCUT2D eigenvalue weighted by molar-refractivity contribution is 0.0493. The molecule has 2 aromatic heterocycles. The zero-order valence-electron chi connectivity index (χ0n) is 10.5. The number of aryl methyl sites for hydroxylation is 1. The molecule has 19 heavy (non-hydrogen) atoms. The van der Waals surface area contributed by atoms with E-state index in [4.69, 9.17) is 4.42 Å². The number of nitrogens with zero attached hydrogens (tertiary/aromatic N) is 3. The van der Waals surface area contributed by atoms with Gasteiger partial charge < -0.3 is 9.32 Å². The average Bonchev–Trinajstić information content (AvgIpc) is 2.92. The van der Waals surface area contributed by atoms with Gasteiger partial charge in [-0.3, -0.25) is 9.48 Å². The van der Waals surface area contributed by atoms with Crippen LogP contribution in [0.5, 0.6) is 0 Å². The van der Waals surface area contributed by atoms with Gasteiger partial charge in [0.2, 0.25) is 0 Å². The Morgan fingerprint density at radius 1 is 1.58 bits per heavy atom. The van der Waals surface area contributed by atoms with Crippen LogP contribution in [0.4, 0.5) is 0 Å². The number of carbonyl (C=O) groups excluding carboxylic acids is 1. The average molecular weight is 324 g/mol. The van der Waals surface area contributed by atoms with Crippen LogP contribution in [0.3, 0.4) is 0 Å². The van der Waals surface area contributed by atoms with Crippen molar-refractivity contribution in [2.24, 2.45) is 13.0 Å². The van der Waals surface area contributed by atoms with Crippen LogP contribution in [0.15, 0.2) is 33.7 Å². The lowest BCUT2D eigenvalue weighted by Crippen LogP contribution is -2.50. The summed E-state index contributed by atoms with van der Waals surface area (Å²) in [4.78, 5) is 14.0. The van der Waals surface area contributed by atoms with Crippen molar-refractivity contribution < 1.29 is 9.21 Å². The maximum Gasteiger partial charge on any atom is 0.275 e. The standard InChI is InChI=1S/C13H14BrN3O2/c1-16-7-11(14)12(15-16)13(18)17-5-10(6-17)4-9-2-3-19-8-9/h2-3,7-8,10H,4-6H2,1H3. The summed E-state index contributed by atoms with van der Waals surface area (Å²) in [5.41, 5.74) is 1.68. The van der Waals surface area contributed by atoms with Gasteiger partial charge >= 0.3 is 0 Å². The van der Waals surface area contributed by atoms with Crippen molar-refractivity contribution >= 4 is 21.8 Å². The molecule has 1 aliphatic rings. The van der Waals surface area contributed by atoms with E-state index in [-0.39, 0.29) is 5.91 Å². The van der Waals surface area contributed by atoms with E-state index in [1.165, 1.54) is 5.56 Å². The fraction of sp³-hybridized carbons (Fsp3) is 0.385. The van der Waals surface area contributed by atoms with Crippen molar-refractivity contribution in [3.63, 3.8) is 0 Å². The molecule has 0 spiro atoms. The van der Waals surface area contributed by atoms with Gasteiger partial charge in [0, 0.05) is 26.3 Å². The van der Waals surface area contributed by atoms with Gasteiger partial charge in [0.1, 0.15) is 0 Å². The highest BCUT2D eigenvalue weighted by Crippen LogP contribution is 2.24. The van der Waals surface area contributed by atoms with Crippen LogP contribution in [0, 0.1) is 5.92 Å². The topological polar surface area (TPSA) is 51.3 Å². The number of furan rings is 1. The van der Waals surface area contributed by atoms with Gasteiger partial charge in [-0.2, -0.15) is 5.10 Å². The number of aromatic nitrogens is 2. The zero-order chi connectivity index (χ0) is 13.4. The van der Waals surface area contributed by atoms with Crippen LogP contribution >= 0.6 is 15.9 Å². The maximum atomic E-state index is 12.2. The highest BCUT2D eigenvalue weighted by molar-refractivity contribution is 9.10. The van der Waals surface area contributed by atoms with E-state index < -0.39 is 0 Å². The number of hydrogen-bond acceptors (Lipinski definition) is 3. The van der Waals surface area contributed by atoms with Gasteiger partial charge in [0.05, 0.1) is 17.0 Å². The minimum Gasteiger partial charge on any atom is -0.472 e. The Balaban J connectivity index is 1.58. The second kappa shape index (κ2) is 4.85. The third-order valence-corrected chi connectivity index (χ3v) is 3.92. The molecule has 0 radical (unpaired) electrons. The van der Waals surface area contributed by atoms with E-state index in [0.717, 1.165) is 24.0 Å². The minimum atomic E-state index is -0.00378. The van der Waals surface area contributed by atoms with E-state index in [1.807, 2.05) is 11.0 Å². The van der Waals surface area contributed by atoms with Crippen LogP contribution in [-0.2, 0) is 13.5 Å². The van der Waals surface area contributed by atoms with E-state index >= 15 is 0 Å². The van der Waals surface area contributed by atoms with Crippen LogP contribution in [0.1, 0.15) is 16.1 Å². The van der Waals surface area contributed by atoms with Gasteiger partial charge in [-0.25, -0.2) is 0 Å². The number of amides is 1. The first-order chi connectivity index (χ1) is 9.13. The fourth-order valence-electron chi connectivity index (χ4n) is 2.36. The molecule has 3 rings (SSSR count). The number of likely N-dealkylation sites (tertiary alicyclic amines) is 1. The molecule has 100 valence electrons. The molecule has 3 heterocycles. The van der Waals surface area contributed by atoms with Crippen LogP contribution < -0.4 is 0 Å². The molecule has 0 aliphatic carbocycles. The molecule has 1 amide bonds. The van der Waals surface area contributed by atoms with Gasteiger partial charge in [-0.1, -0.05) is 0 Å². The molecule has 0 aromatic carbocycles. The molecule has 6 heteroatoms. The Hall–Kier alpha value is -1.56. The number of halogens is 1. The highest BCUT2D eigenvalue weighted by Gasteiger charge is 2.33. The summed E-state index contributed by atoms with van der Waals surface area (Å²) in [6.07, 6.45) is 6.20. The molecule has 1 saturated heterocycles. The van der Waals surface area contributed by atoms with Gasteiger partial charge in [-0.05, 0) is 39.9 Å². The predicted octanol–water partition coefficient (Wildman–Crippen LogP) is 2.09. The van der Waals surface area contributed by atoms with Gasteiger partial charge in [-0.15, -0.1) is 0 Å². The summed E-state index contributed by atoms with van der Waals surface area (Å²) in [5.74, 6) is 0.514. The van der Waals surface area contributed by atoms with Gasteiger partial charge in [0.15, 0.2) is 5.69 Å². The first-order valence-corrected chi connectivity index (χ1v) is 6.92. The fourth-order valence-corrected chi connectivity index (χ4v) is 2.91. The number of carbonyl (C=O) groups is 1. The van der Waals surface area contributed by atoms with Crippen LogP contribution in [0.2, 0.25) is 0 Å². The molecule has 0 N–H and O–H groups in total. The monoisotopic (exact) mass is 323 g/mol. The molecule has 0 bridgehead atoms. The van der Waals surface area contributed by atoms with Gasteiger partial charge in [0.25, 0.3) is 5.91 Å². The third kappa shape index (κ3) is 2.45. The Morgan fingerprint density at radius 2 is 2.37 bits per heavy atom. The third-order valence-electron chi connectivity index (χ3n) is 3.34. The molecule has 1 aliphatic heterocycles. The van der Waals surface area contributed by atoms with Crippen LogP contribution in [0.25, 0.3) is 0 Å². The second-order valence-corrected chi connectivity index (χ2v) is 5.77. The Morgan fingerprint density at radius 3 is 2.95 bits per heavy atom. The first kappa shape index (κ1) is 12.5. The van der Waals surface area contributed by atoms with Crippen molar-refractivity contribution in [3.05, 3.63) is 40.5 Å². The minimum absolute atomic E-state index is 0.00378. The zero-order valence-corrected chi connectivity index (χ0v) is 12.1. The Bertz CT molecular complexity index is 585. The van der Waals surface area contributed by atoms with Crippen LogP contribution in [-0.4, -0.2) is 33.7 Å². The molecular formula is C13H14BrN3O2. The SMILES string of the molecule is Cn1cc(Br)c(C(=O)N2CC(Cc3ccoc3)C2)n1. The summed E-state index contributed by atoms with van der Waals surface area (Å²) in [6, 6.07) is 1.97. The lowest BCUT2D eigenvalue weighted by atomic mass is 9.93. The van der Waals surface area contributed by atoms with E-state index in [2.05, 4.69) is 21.0 Å². The molecule has 2 aromatic rings. The largest absolute Gasteiger partial charge is 0.472 e. The summed E-state index contributed by atoms with van der Waals surface area (Å²) >= 11 is 3.36. The van der Waals surface area contributed by atoms with E-state index in [9.17, 15) is 4.79 Å². The first-order valence-electron chi connectivity index (χ1n) is 6.13. The van der Waals surface area contributed by atoms with E-state index in [0.29, 0.717) is 11.6 Å². The van der Waals surface area contributed by atoms with E-state index in [1.54, 1.807) is 30.5 Å². The quantitative estimate of drug-likeness (QED) is 0.869. The number of hydrogen-bond donors (Lipinski definition) is 0. The number of rotatable bonds is 3. The molecule has 0 saturated carbocycles. The smallest absolute Gasteiger partial charge is 0.275 e.